The fourth-order valence-corrected chi connectivity index (χ4v) is 0.682. The minimum absolute atomic E-state index is 0.311. The van der Waals surface area contributed by atoms with Crippen LogP contribution in [0.1, 0.15) is 5.56 Å². The second-order valence-corrected chi connectivity index (χ2v) is 1.98. The maximum atomic E-state index is 12.3. The number of hydrogen-bond acceptors (Lipinski definition) is 1. The van der Waals surface area contributed by atoms with Crippen molar-refractivity contribution < 1.29 is 22.0 Å². The molecule has 0 radical (unpaired) electrons. The van der Waals surface area contributed by atoms with E-state index in [1.165, 1.54) is 0 Å². The average molecular weight is 183 g/mol. The molecule has 6 heteroatoms. The van der Waals surface area contributed by atoms with E-state index in [0.29, 0.717) is 12.4 Å². The molecule has 0 saturated carbocycles. The molecule has 0 spiro atoms. The van der Waals surface area contributed by atoms with Gasteiger partial charge in [-0.15, -0.1) is 0 Å². The van der Waals surface area contributed by atoms with Crippen molar-refractivity contribution in [2.24, 2.45) is 0 Å². The highest BCUT2D eigenvalue weighted by Gasteiger charge is 2.37. The fourth-order valence-electron chi connectivity index (χ4n) is 0.682. The van der Waals surface area contributed by atoms with Crippen LogP contribution in [0.4, 0.5) is 22.0 Å². The van der Waals surface area contributed by atoms with E-state index in [2.05, 4.69) is 4.98 Å². The molecule has 12 heavy (non-hydrogen) atoms. The van der Waals surface area contributed by atoms with Gasteiger partial charge in [-0.25, -0.2) is 8.78 Å². The fraction of sp³-hybridized carbons (Fsp3) is 0.167. The van der Waals surface area contributed by atoms with Gasteiger partial charge in [-0.2, -0.15) is 13.2 Å². The van der Waals surface area contributed by atoms with Crippen LogP contribution in [0.25, 0.3) is 0 Å². The van der Waals surface area contributed by atoms with E-state index in [1.807, 2.05) is 0 Å². The van der Waals surface area contributed by atoms with Crippen molar-refractivity contribution in [2.75, 3.05) is 0 Å². The molecule has 0 atom stereocenters. The Morgan fingerprint density at radius 1 is 1.00 bits per heavy atom. The molecule has 0 amide bonds. The molecule has 1 heterocycles. The normalized spacial score (nSPS) is 11.8. The van der Waals surface area contributed by atoms with Gasteiger partial charge in [-0.1, -0.05) is 0 Å². The van der Waals surface area contributed by atoms with Crippen LogP contribution in [0.5, 0.6) is 0 Å². The van der Waals surface area contributed by atoms with Crippen molar-refractivity contribution in [2.45, 2.75) is 6.18 Å². The van der Waals surface area contributed by atoms with Gasteiger partial charge in [0, 0.05) is 0 Å². The summed E-state index contributed by atoms with van der Waals surface area (Å²) in [6.45, 7) is 0. The highest BCUT2D eigenvalue weighted by molar-refractivity contribution is 5.18. The van der Waals surface area contributed by atoms with Crippen LogP contribution in [-0.2, 0) is 6.18 Å². The molecule has 0 unspecified atom stereocenters. The first-order valence-corrected chi connectivity index (χ1v) is 2.79. The van der Waals surface area contributed by atoms with Gasteiger partial charge in [-0.3, -0.25) is 4.98 Å². The lowest BCUT2D eigenvalue weighted by molar-refractivity contribution is -0.142. The predicted octanol–water partition coefficient (Wildman–Crippen LogP) is 2.38. The van der Waals surface area contributed by atoms with Gasteiger partial charge in [0.05, 0.1) is 12.4 Å². The quantitative estimate of drug-likeness (QED) is 0.562. The van der Waals surface area contributed by atoms with Gasteiger partial charge < -0.3 is 0 Å². The minimum Gasteiger partial charge on any atom is -0.259 e. The largest absolute Gasteiger partial charge is 0.422 e. The zero-order valence-corrected chi connectivity index (χ0v) is 5.49. The third-order valence-electron chi connectivity index (χ3n) is 1.14. The zero-order chi connectivity index (χ0) is 9.35. The summed E-state index contributed by atoms with van der Waals surface area (Å²) in [6.07, 6.45) is -4.39. The van der Waals surface area contributed by atoms with E-state index in [-0.39, 0.29) is 0 Å². The van der Waals surface area contributed by atoms with Gasteiger partial charge in [0.15, 0.2) is 11.6 Å². The van der Waals surface area contributed by atoms with Crippen LogP contribution in [0.15, 0.2) is 12.4 Å². The zero-order valence-electron chi connectivity index (χ0n) is 5.49. The topological polar surface area (TPSA) is 12.9 Å². The van der Waals surface area contributed by atoms with Crippen molar-refractivity contribution in [3.05, 3.63) is 29.6 Å². The first kappa shape index (κ1) is 8.89. The summed E-state index contributed by atoms with van der Waals surface area (Å²) >= 11 is 0. The summed E-state index contributed by atoms with van der Waals surface area (Å²) in [6, 6.07) is 0. The highest BCUT2D eigenvalue weighted by atomic mass is 19.4. The molecule has 1 aromatic rings. The Morgan fingerprint density at radius 2 is 1.42 bits per heavy atom. The lowest BCUT2D eigenvalue weighted by atomic mass is 10.2. The monoisotopic (exact) mass is 183 g/mol. The van der Waals surface area contributed by atoms with Crippen molar-refractivity contribution in [3.8, 4) is 0 Å². The SMILES string of the molecule is Fc1cncc(F)c1C(F)(F)F. The second kappa shape index (κ2) is 2.69. The van der Waals surface area contributed by atoms with E-state index in [0.717, 1.165) is 0 Å². The summed E-state index contributed by atoms with van der Waals surface area (Å²) in [7, 11) is 0. The second-order valence-electron chi connectivity index (χ2n) is 1.98. The van der Waals surface area contributed by atoms with Crippen molar-refractivity contribution >= 4 is 0 Å². The van der Waals surface area contributed by atoms with E-state index in [4.69, 9.17) is 0 Å². The smallest absolute Gasteiger partial charge is 0.259 e. The van der Waals surface area contributed by atoms with E-state index in [1.54, 1.807) is 0 Å². The molecule has 0 bridgehead atoms. The molecule has 1 rings (SSSR count). The van der Waals surface area contributed by atoms with Crippen LogP contribution >= 0.6 is 0 Å². The van der Waals surface area contributed by atoms with Crippen LogP contribution < -0.4 is 0 Å². The summed E-state index contributed by atoms with van der Waals surface area (Å²) in [4.78, 5) is 2.91. The number of alkyl halides is 3. The van der Waals surface area contributed by atoms with Crippen molar-refractivity contribution in [1.82, 2.24) is 4.98 Å². The van der Waals surface area contributed by atoms with Crippen molar-refractivity contribution in [1.29, 1.82) is 0 Å². The molecule has 1 aromatic heterocycles. The molecule has 0 aromatic carbocycles. The Kier molecular flexibility index (Phi) is 1.99. The summed E-state index contributed by atoms with van der Waals surface area (Å²) in [5.41, 5.74) is -1.91. The van der Waals surface area contributed by atoms with Gasteiger partial charge in [0.25, 0.3) is 0 Å². The van der Waals surface area contributed by atoms with Crippen LogP contribution in [0, 0.1) is 11.6 Å². The Morgan fingerprint density at radius 3 is 1.67 bits per heavy atom. The first-order valence-electron chi connectivity index (χ1n) is 2.79. The van der Waals surface area contributed by atoms with Gasteiger partial charge in [0.2, 0.25) is 0 Å². The van der Waals surface area contributed by atoms with Crippen molar-refractivity contribution in [3.63, 3.8) is 0 Å². The minimum atomic E-state index is -5.02. The molecule has 1 nitrogen and oxygen atoms in total. The molecule has 0 aliphatic rings. The van der Waals surface area contributed by atoms with E-state index in [9.17, 15) is 22.0 Å². The Hall–Kier alpha value is -1.20. The standard InChI is InChI=1S/C6H2F5N/c7-3-1-12-2-4(8)5(3)6(9,10)11/h1-2H. The maximum Gasteiger partial charge on any atom is 0.422 e. The van der Waals surface area contributed by atoms with E-state index < -0.39 is 23.4 Å². The molecular formula is C6H2F5N. The molecular weight excluding hydrogens is 181 g/mol. The first-order chi connectivity index (χ1) is 5.43. The van der Waals surface area contributed by atoms with Gasteiger partial charge in [0.1, 0.15) is 5.56 Å². The number of hydrogen-bond donors (Lipinski definition) is 0. The third-order valence-corrected chi connectivity index (χ3v) is 1.14. The maximum absolute atomic E-state index is 12.3. The Bertz CT molecular complexity index is 272. The lowest BCUT2D eigenvalue weighted by Gasteiger charge is -2.07. The predicted molar refractivity (Wildman–Crippen MR) is 29.2 cm³/mol. The van der Waals surface area contributed by atoms with E-state index >= 15 is 0 Å². The summed E-state index contributed by atoms with van der Waals surface area (Å²) in [5, 5.41) is 0. The van der Waals surface area contributed by atoms with Crippen LogP contribution in [-0.4, -0.2) is 4.98 Å². The molecule has 0 aliphatic carbocycles. The third kappa shape index (κ3) is 1.51. The van der Waals surface area contributed by atoms with Crippen LogP contribution in [0.3, 0.4) is 0 Å². The molecule has 0 fully saturated rings. The summed E-state index contributed by atoms with van der Waals surface area (Å²) < 4.78 is 60.1. The highest BCUT2D eigenvalue weighted by Crippen LogP contribution is 2.32. The van der Waals surface area contributed by atoms with Gasteiger partial charge in [-0.05, 0) is 0 Å². The summed E-state index contributed by atoms with van der Waals surface area (Å²) in [5.74, 6) is -3.41. The number of rotatable bonds is 0. The lowest BCUT2D eigenvalue weighted by Crippen LogP contribution is -2.11. The molecule has 0 N–H and O–H groups in total. The molecule has 66 valence electrons. The number of aromatic nitrogens is 1. The average Bonchev–Trinajstić information content (AvgIpc) is 1.82. The van der Waals surface area contributed by atoms with Gasteiger partial charge >= 0.3 is 6.18 Å². The molecule has 0 saturated heterocycles. The molecule has 0 aliphatic heterocycles. The number of pyridine rings is 1. The number of nitrogens with zero attached hydrogens (tertiary/aromatic N) is 1. The Balaban J connectivity index is 3.31. The van der Waals surface area contributed by atoms with Crippen LogP contribution in [0.2, 0.25) is 0 Å². The Labute approximate surface area is 63.8 Å². The number of halogens is 5.